The van der Waals surface area contributed by atoms with Gasteiger partial charge in [-0.3, -0.25) is 0 Å². The normalized spacial score (nSPS) is 21.3. The van der Waals surface area contributed by atoms with Crippen LogP contribution >= 0.6 is 0 Å². The highest BCUT2D eigenvalue weighted by Crippen LogP contribution is 2.45. The average Bonchev–Trinajstić information content (AvgIpc) is 3.43. The van der Waals surface area contributed by atoms with Gasteiger partial charge in [-0.25, -0.2) is 9.52 Å². The van der Waals surface area contributed by atoms with Gasteiger partial charge in [0.05, 0.1) is 6.10 Å². The van der Waals surface area contributed by atoms with Gasteiger partial charge in [0.15, 0.2) is 0 Å². The van der Waals surface area contributed by atoms with Gasteiger partial charge in [0.1, 0.15) is 5.76 Å². The van der Waals surface area contributed by atoms with Crippen LogP contribution in [0.2, 0.25) is 0 Å². The van der Waals surface area contributed by atoms with Crippen LogP contribution in [0.15, 0.2) is 21.6 Å². The molecule has 5 rings (SSSR count). The highest BCUT2D eigenvalue weighted by molar-refractivity contribution is 7.89. The van der Waals surface area contributed by atoms with Crippen LogP contribution in [0.5, 0.6) is 0 Å². The van der Waals surface area contributed by atoms with E-state index in [9.17, 15) is 18.3 Å². The van der Waals surface area contributed by atoms with E-state index < -0.39 is 22.2 Å². The van der Waals surface area contributed by atoms with Crippen LogP contribution in [0, 0.1) is 5.41 Å². The lowest BCUT2D eigenvalue weighted by Gasteiger charge is -2.34. The number of benzene rings is 1. The Balaban J connectivity index is 1.39. The van der Waals surface area contributed by atoms with E-state index in [0.29, 0.717) is 24.2 Å². The second-order valence-corrected chi connectivity index (χ2v) is 11.2. The number of hydrogen-bond donors (Lipinski definition) is 3. The molecule has 1 unspecified atom stereocenters. The molecular weight excluding hydrogens is 416 g/mol. The number of hydrogen-bond acceptors (Lipinski definition) is 5. The molecule has 3 N–H and O–H groups in total. The first kappa shape index (κ1) is 20.6. The molecule has 1 heterocycles. The molecular formula is C23H28N2O5S. The maximum absolute atomic E-state index is 12.8. The lowest BCUT2D eigenvalue weighted by molar-refractivity contribution is 0.0306. The molecule has 1 aromatic heterocycles. The molecule has 2 aromatic rings. The van der Waals surface area contributed by atoms with Gasteiger partial charge in [-0.05, 0) is 72.6 Å². The third kappa shape index (κ3) is 3.46. The number of furan rings is 1. The monoisotopic (exact) mass is 444 g/mol. The Bertz CT molecular complexity index is 1150. The first-order chi connectivity index (χ1) is 14.7. The Kier molecular flexibility index (Phi) is 4.71. The van der Waals surface area contributed by atoms with E-state index in [1.165, 1.54) is 17.2 Å². The zero-order chi connectivity index (χ0) is 22.0. The molecule has 3 aliphatic rings. The number of fused-ring (bicyclic) bond motifs is 3. The zero-order valence-electron chi connectivity index (χ0n) is 17.9. The van der Waals surface area contributed by atoms with E-state index in [0.717, 1.165) is 55.3 Å². The summed E-state index contributed by atoms with van der Waals surface area (Å²) < 4.78 is 33.3. The maximum atomic E-state index is 12.8. The molecule has 0 aliphatic heterocycles. The van der Waals surface area contributed by atoms with Gasteiger partial charge in [0, 0.05) is 23.7 Å². The Morgan fingerprint density at radius 3 is 2.35 bits per heavy atom. The molecule has 0 fully saturated rings. The number of carbonyl (C=O) groups excluding carboxylic acids is 1. The molecule has 8 heteroatoms. The SMILES string of the molecule is CC1(C)CCc2oc(S(=O)(=O)NC(=O)Nc3c4c(cc5c3CCC5)CCC4)cc2C1O. The smallest absolute Gasteiger partial charge is 0.333 e. The molecule has 166 valence electrons. The summed E-state index contributed by atoms with van der Waals surface area (Å²) in [6.45, 7) is 3.87. The molecule has 2 amide bonds. The first-order valence-electron chi connectivity index (χ1n) is 11.0. The third-order valence-corrected chi connectivity index (χ3v) is 8.24. The molecule has 0 bridgehead atoms. The van der Waals surface area contributed by atoms with E-state index in [-0.39, 0.29) is 10.5 Å². The predicted octanol–water partition coefficient (Wildman–Crippen LogP) is 3.77. The third-order valence-electron chi connectivity index (χ3n) is 7.05. The maximum Gasteiger partial charge on any atom is 0.333 e. The number of aliphatic hydroxyl groups excluding tert-OH is 1. The largest absolute Gasteiger partial charge is 0.447 e. The summed E-state index contributed by atoms with van der Waals surface area (Å²) in [5.41, 5.74) is 5.68. The minimum Gasteiger partial charge on any atom is -0.447 e. The molecule has 3 aliphatic carbocycles. The van der Waals surface area contributed by atoms with Crippen LogP contribution in [0.1, 0.15) is 72.8 Å². The number of carbonyl (C=O) groups is 1. The van der Waals surface area contributed by atoms with E-state index in [4.69, 9.17) is 4.42 Å². The number of rotatable bonds is 3. The summed E-state index contributed by atoms with van der Waals surface area (Å²) in [7, 11) is -4.20. The van der Waals surface area contributed by atoms with Crippen LogP contribution in [-0.4, -0.2) is 19.6 Å². The fourth-order valence-electron chi connectivity index (χ4n) is 5.25. The fourth-order valence-corrected chi connectivity index (χ4v) is 6.14. The molecule has 0 spiro atoms. The Hall–Kier alpha value is -2.32. The number of aryl methyl sites for hydroxylation is 3. The van der Waals surface area contributed by atoms with Crippen LogP contribution < -0.4 is 10.0 Å². The summed E-state index contributed by atoms with van der Waals surface area (Å²) in [6.07, 6.45) is 6.28. The highest BCUT2D eigenvalue weighted by Gasteiger charge is 2.38. The minimum atomic E-state index is -4.20. The molecule has 7 nitrogen and oxygen atoms in total. The van der Waals surface area contributed by atoms with Crippen LogP contribution in [0.25, 0.3) is 0 Å². The zero-order valence-corrected chi connectivity index (χ0v) is 18.7. The predicted molar refractivity (Wildman–Crippen MR) is 116 cm³/mol. The second-order valence-electron chi connectivity index (χ2n) is 9.63. The minimum absolute atomic E-state index is 0.340. The van der Waals surface area contributed by atoms with Gasteiger partial charge >= 0.3 is 6.03 Å². The standard InChI is InChI=1S/C23H28N2O5S/c1-23(2)10-9-18-17(21(23)26)12-19(30-18)31(28,29)25-22(27)24-20-15-7-3-5-13(15)11-14-6-4-8-16(14)20/h11-12,21,26H,3-10H2,1-2H3,(H2,24,25,27). The van der Waals surface area contributed by atoms with Crippen molar-refractivity contribution in [2.24, 2.45) is 5.41 Å². The van der Waals surface area contributed by atoms with Crippen molar-refractivity contribution in [2.75, 3.05) is 5.32 Å². The molecule has 1 aromatic carbocycles. The van der Waals surface area contributed by atoms with Crippen molar-refractivity contribution in [3.63, 3.8) is 0 Å². The van der Waals surface area contributed by atoms with Crippen molar-refractivity contribution >= 4 is 21.7 Å². The highest BCUT2D eigenvalue weighted by atomic mass is 32.2. The molecule has 31 heavy (non-hydrogen) atoms. The second kappa shape index (κ2) is 7.10. The number of urea groups is 1. The van der Waals surface area contributed by atoms with Crippen molar-refractivity contribution in [3.05, 3.63) is 45.7 Å². The Labute approximate surface area is 182 Å². The lowest BCUT2D eigenvalue weighted by atomic mass is 9.74. The van der Waals surface area contributed by atoms with Crippen molar-refractivity contribution in [1.82, 2.24) is 4.72 Å². The number of nitrogens with one attached hydrogen (secondary N) is 2. The van der Waals surface area contributed by atoms with E-state index in [2.05, 4.69) is 16.1 Å². The van der Waals surface area contributed by atoms with Crippen LogP contribution in [0.3, 0.4) is 0 Å². The van der Waals surface area contributed by atoms with Crippen molar-refractivity contribution in [1.29, 1.82) is 0 Å². The van der Waals surface area contributed by atoms with E-state index in [1.54, 1.807) is 0 Å². The van der Waals surface area contributed by atoms with Crippen molar-refractivity contribution in [3.8, 4) is 0 Å². The summed E-state index contributed by atoms with van der Waals surface area (Å²) >= 11 is 0. The van der Waals surface area contributed by atoms with E-state index in [1.807, 2.05) is 13.8 Å². The van der Waals surface area contributed by atoms with Gasteiger partial charge in [0.25, 0.3) is 10.0 Å². The average molecular weight is 445 g/mol. The summed E-state index contributed by atoms with van der Waals surface area (Å²) in [6, 6.07) is 2.81. The first-order valence-corrected chi connectivity index (χ1v) is 12.4. The van der Waals surface area contributed by atoms with Crippen molar-refractivity contribution < 1.29 is 22.7 Å². The molecule has 1 atom stereocenters. The topological polar surface area (TPSA) is 109 Å². The fraction of sp³-hybridized carbons (Fsp3) is 0.522. The van der Waals surface area contributed by atoms with Gasteiger partial charge < -0.3 is 14.8 Å². The molecule has 0 saturated carbocycles. The molecule has 0 radical (unpaired) electrons. The summed E-state index contributed by atoms with van der Waals surface area (Å²) in [4.78, 5) is 12.7. The number of sulfonamides is 1. The number of anilines is 1. The lowest BCUT2D eigenvalue weighted by Crippen LogP contribution is -2.34. The van der Waals surface area contributed by atoms with Crippen LogP contribution in [0.4, 0.5) is 10.5 Å². The number of aliphatic hydroxyl groups is 1. The molecule has 0 saturated heterocycles. The van der Waals surface area contributed by atoms with Gasteiger partial charge in [-0.2, -0.15) is 8.42 Å². The Morgan fingerprint density at radius 1 is 1.06 bits per heavy atom. The summed E-state index contributed by atoms with van der Waals surface area (Å²) in [5.74, 6) is 0.464. The van der Waals surface area contributed by atoms with Crippen LogP contribution in [-0.2, 0) is 42.1 Å². The number of amides is 2. The van der Waals surface area contributed by atoms with Gasteiger partial charge in [0.2, 0.25) is 5.09 Å². The van der Waals surface area contributed by atoms with Gasteiger partial charge in [-0.15, -0.1) is 0 Å². The van der Waals surface area contributed by atoms with Gasteiger partial charge in [-0.1, -0.05) is 19.9 Å². The van der Waals surface area contributed by atoms with E-state index >= 15 is 0 Å². The van der Waals surface area contributed by atoms with Crippen molar-refractivity contribution in [2.45, 2.75) is 76.4 Å². The summed E-state index contributed by atoms with van der Waals surface area (Å²) in [5, 5.41) is 13.1. The quantitative estimate of drug-likeness (QED) is 0.668. The Morgan fingerprint density at radius 2 is 1.71 bits per heavy atom.